The molecule has 0 radical (unpaired) electrons. The number of aliphatic hydroxyl groups is 2. The minimum atomic E-state index is -0.446. The van der Waals surface area contributed by atoms with Crippen molar-refractivity contribution in [1.29, 1.82) is 0 Å². The number of allylic oxidation sites excluding steroid dienone is 8. The molecule has 0 aliphatic heterocycles. The van der Waals surface area contributed by atoms with E-state index in [0.717, 1.165) is 38.5 Å². The number of aliphatic hydroxyl groups excluding tert-OH is 2. The monoisotopic (exact) mass is 400 g/mol. The van der Waals surface area contributed by atoms with Crippen LogP contribution >= 0.6 is 0 Å². The summed E-state index contributed by atoms with van der Waals surface area (Å²) in [5.74, 6) is 0.203. The fraction of sp³-hybridized carbons (Fsp3) is 0.630. The fourth-order valence-electron chi connectivity index (χ4n) is 3.79. The van der Waals surface area contributed by atoms with E-state index in [2.05, 4.69) is 58.9 Å². The molecule has 0 aromatic heterocycles. The van der Waals surface area contributed by atoms with Gasteiger partial charge >= 0.3 is 0 Å². The average molecular weight is 401 g/mol. The largest absolute Gasteiger partial charge is 0.389 e. The highest BCUT2D eigenvalue weighted by atomic mass is 16.3. The first kappa shape index (κ1) is 25.7. The molecular weight excluding hydrogens is 356 g/mol. The standard InChI is InChI=1S/C27H44O2/c1-20(2)10-7-11-21(3)12-8-13-22(4)14-9-15-23(5)16-17-25-24(6)26(28)18-19-27(25)29/h10,12,14,16,18-19,24-29H,7-9,11,13,15,17H2,1-6H3/b21-12+,22-14+,23-16+/t24?,25-,26?,27?/m0/s1. The zero-order valence-electron chi connectivity index (χ0n) is 19.6. The number of hydrogen-bond acceptors (Lipinski definition) is 2. The quantitative estimate of drug-likeness (QED) is 0.364. The Bertz CT molecular complexity index is 629. The third-order valence-corrected chi connectivity index (χ3v) is 6.05. The smallest absolute Gasteiger partial charge is 0.0756 e. The van der Waals surface area contributed by atoms with Crippen molar-refractivity contribution in [2.75, 3.05) is 0 Å². The van der Waals surface area contributed by atoms with E-state index in [4.69, 9.17) is 0 Å². The Morgan fingerprint density at radius 1 is 0.690 bits per heavy atom. The minimum Gasteiger partial charge on any atom is -0.389 e. The van der Waals surface area contributed by atoms with E-state index in [1.54, 1.807) is 12.2 Å². The van der Waals surface area contributed by atoms with Gasteiger partial charge in [-0.25, -0.2) is 0 Å². The predicted octanol–water partition coefficient (Wildman–Crippen LogP) is 7.07. The summed E-state index contributed by atoms with van der Waals surface area (Å²) in [4.78, 5) is 0. The molecule has 0 bridgehead atoms. The van der Waals surface area contributed by atoms with Crippen LogP contribution in [0.5, 0.6) is 0 Å². The average Bonchev–Trinajstić information content (AvgIpc) is 2.64. The van der Waals surface area contributed by atoms with Crippen molar-refractivity contribution in [1.82, 2.24) is 0 Å². The summed E-state index contributed by atoms with van der Waals surface area (Å²) in [6.07, 6.45) is 19.4. The van der Waals surface area contributed by atoms with Crippen LogP contribution in [0.3, 0.4) is 0 Å². The van der Waals surface area contributed by atoms with Crippen LogP contribution in [0.4, 0.5) is 0 Å². The molecule has 0 fully saturated rings. The molecule has 1 rings (SSSR count). The van der Waals surface area contributed by atoms with E-state index in [1.165, 1.54) is 28.7 Å². The van der Waals surface area contributed by atoms with E-state index in [-0.39, 0.29) is 11.8 Å². The summed E-state index contributed by atoms with van der Waals surface area (Å²) in [7, 11) is 0. The Morgan fingerprint density at radius 2 is 1.14 bits per heavy atom. The van der Waals surface area contributed by atoms with Crippen molar-refractivity contribution in [3.63, 3.8) is 0 Å². The molecule has 0 amide bonds. The molecule has 0 saturated heterocycles. The van der Waals surface area contributed by atoms with E-state index in [9.17, 15) is 10.2 Å². The topological polar surface area (TPSA) is 40.5 Å². The van der Waals surface area contributed by atoms with E-state index in [0.29, 0.717) is 0 Å². The van der Waals surface area contributed by atoms with Gasteiger partial charge in [0.2, 0.25) is 0 Å². The van der Waals surface area contributed by atoms with Gasteiger partial charge in [0.05, 0.1) is 12.2 Å². The lowest BCUT2D eigenvalue weighted by molar-refractivity contribution is 0.0432. The second-order valence-electron chi connectivity index (χ2n) is 9.17. The molecule has 164 valence electrons. The maximum Gasteiger partial charge on any atom is 0.0756 e. The van der Waals surface area contributed by atoms with Crippen molar-refractivity contribution in [3.05, 3.63) is 58.7 Å². The van der Waals surface area contributed by atoms with Gasteiger partial charge in [0.25, 0.3) is 0 Å². The van der Waals surface area contributed by atoms with Crippen LogP contribution in [-0.4, -0.2) is 22.4 Å². The molecule has 3 unspecified atom stereocenters. The predicted molar refractivity (Wildman–Crippen MR) is 127 cm³/mol. The van der Waals surface area contributed by atoms with Crippen LogP contribution < -0.4 is 0 Å². The Labute approximate surface area is 179 Å². The Morgan fingerprint density at radius 3 is 1.66 bits per heavy atom. The van der Waals surface area contributed by atoms with Gasteiger partial charge in [-0.3, -0.25) is 0 Å². The van der Waals surface area contributed by atoms with Gasteiger partial charge in [0.15, 0.2) is 0 Å². The first-order valence-corrected chi connectivity index (χ1v) is 11.4. The molecule has 0 heterocycles. The first-order chi connectivity index (χ1) is 13.7. The Hall–Kier alpha value is -1.38. The molecule has 0 aromatic rings. The number of hydrogen-bond donors (Lipinski definition) is 2. The highest BCUT2D eigenvalue weighted by Gasteiger charge is 2.30. The second kappa shape index (κ2) is 13.8. The summed E-state index contributed by atoms with van der Waals surface area (Å²) < 4.78 is 0. The van der Waals surface area contributed by atoms with Crippen LogP contribution in [0.2, 0.25) is 0 Å². The molecule has 0 aromatic carbocycles. The Kier molecular flexibility index (Phi) is 12.2. The number of rotatable bonds is 11. The normalized spacial score (nSPS) is 26.0. The third kappa shape index (κ3) is 10.8. The fourth-order valence-corrected chi connectivity index (χ4v) is 3.79. The third-order valence-electron chi connectivity index (χ3n) is 6.05. The summed E-state index contributed by atoms with van der Waals surface area (Å²) in [5.41, 5.74) is 5.73. The van der Waals surface area contributed by atoms with Crippen molar-refractivity contribution < 1.29 is 10.2 Å². The van der Waals surface area contributed by atoms with E-state index < -0.39 is 12.2 Å². The lowest BCUT2D eigenvalue weighted by Crippen LogP contribution is -2.35. The van der Waals surface area contributed by atoms with Crippen LogP contribution in [0.25, 0.3) is 0 Å². The SMILES string of the molecule is CC(C)=CCC/C(C)=C/CC/C(C)=C/CC/C(C)=C/C[C@@H]1C(O)C=CC(O)C1C. The zero-order valence-corrected chi connectivity index (χ0v) is 19.6. The van der Waals surface area contributed by atoms with Crippen LogP contribution in [0, 0.1) is 11.8 Å². The van der Waals surface area contributed by atoms with Gasteiger partial charge in [-0.05, 0) is 91.4 Å². The zero-order chi connectivity index (χ0) is 21.8. The molecule has 0 spiro atoms. The maximum atomic E-state index is 10.2. The summed E-state index contributed by atoms with van der Waals surface area (Å²) in [6, 6.07) is 0. The minimum absolute atomic E-state index is 0.0970. The van der Waals surface area contributed by atoms with Gasteiger partial charge < -0.3 is 10.2 Å². The van der Waals surface area contributed by atoms with Gasteiger partial charge in [0.1, 0.15) is 0 Å². The first-order valence-electron chi connectivity index (χ1n) is 11.4. The molecule has 2 N–H and O–H groups in total. The summed E-state index contributed by atoms with van der Waals surface area (Å²) >= 11 is 0. The molecule has 4 atom stereocenters. The van der Waals surface area contributed by atoms with Gasteiger partial charge in [0, 0.05) is 0 Å². The van der Waals surface area contributed by atoms with Crippen LogP contribution in [0.1, 0.15) is 86.5 Å². The van der Waals surface area contributed by atoms with Crippen molar-refractivity contribution >= 4 is 0 Å². The summed E-state index contributed by atoms with van der Waals surface area (Å²) in [5, 5.41) is 20.1. The lowest BCUT2D eigenvalue weighted by atomic mass is 9.78. The molecule has 1 aliphatic carbocycles. The highest BCUT2D eigenvalue weighted by Crippen LogP contribution is 2.29. The molecule has 2 heteroatoms. The van der Waals surface area contributed by atoms with Gasteiger partial charge in [-0.1, -0.05) is 65.7 Å². The molecule has 29 heavy (non-hydrogen) atoms. The van der Waals surface area contributed by atoms with Crippen molar-refractivity contribution in [2.24, 2.45) is 11.8 Å². The second-order valence-corrected chi connectivity index (χ2v) is 9.17. The molecule has 2 nitrogen and oxygen atoms in total. The lowest BCUT2D eigenvalue weighted by Gasteiger charge is -2.32. The molecule has 1 aliphatic rings. The molecular formula is C27H44O2. The maximum absolute atomic E-state index is 10.2. The Balaban J connectivity index is 2.33. The highest BCUT2D eigenvalue weighted by molar-refractivity contribution is 5.10. The van der Waals surface area contributed by atoms with E-state index >= 15 is 0 Å². The summed E-state index contributed by atoms with van der Waals surface area (Å²) in [6.45, 7) is 13.0. The molecule has 0 saturated carbocycles. The van der Waals surface area contributed by atoms with Crippen molar-refractivity contribution in [3.8, 4) is 0 Å². The van der Waals surface area contributed by atoms with Gasteiger partial charge in [-0.15, -0.1) is 0 Å². The van der Waals surface area contributed by atoms with Crippen LogP contribution in [-0.2, 0) is 0 Å². The van der Waals surface area contributed by atoms with Gasteiger partial charge in [-0.2, -0.15) is 0 Å². The van der Waals surface area contributed by atoms with Crippen LogP contribution in [0.15, 0.2) is 58.7 Å². The van der Waals surface area contributed by atoms with Crippen molar-refractivity contribution in [2.45, 2.75) is 98.7 Å². The van der Waals surface area contributed by atoms with E-state index in [1.807, 2.05) is 6.92 Å².